The molecule has 5 aromatic rings. The molecular weight excluding hydrogens is 480 g/mol. The first-order chi connectivity index (χ1) is 19.6. The van der Waals surface area contributed by atoms with E-state index in [1.54, 1.807) is 0 Å². The second-order valence-corrected chi connectivity index (χ2v) is 12.2. The zero-order valence-corrected chi connectivity index (χ0v) is 23.1. The molecule has 8 rings (SSSR count). The Kier molecular flexibility index (Phi) is 4.86. The van der Waals surface area contributed by atoms with Gasteiger partial charge in [0.15, 0.2) is 0 Å². The van der Waals surface area contributed by atoms with Gasteiger partial charge in [-0.15, -0.1) is 0 Å². The quantitative estimate of drug-likeness (QED) is 0.221. The molecule has 5 aromatic carbocycles. The van der Waals surface area contributed by atoms with Crippen molar-refractivity contribution < 1.29 is 0 Å². The van der Waals surface area contributed by atoms with Gasteiger partial charge < -0.3 is 0 Å². The highest BCUT2D eigenvalue weighted by molar-refractivity contribution is 5.96. The van der Waals surface area contributed by atoms with Crippen molar-refractivity contribution >= 4 is 5.57 Å². The van der Waals surface area contributed by atoms with E-state index in [1.807, 2.05) is 0 Å². The van der Waals surface area contributed by atoms with E-state index in [9.17, 15) is 0 Å². The summed E-state index contributed by atoms with van der Waals surface area (Å²) in [4.78, 5) is 0. The minimum absolute atomic E-state index is 0.128. The summed E-state index contributed by atoms with van der Waals surface area (Å²) in [7, 11) is 0. The number of hydrogen-bond acceptors (Lipinski definition) is 0. The van der Waals surface area contributed by atoms with Crippen LogP contribution in [0.4, 0.5) is 0 Å². The van der Waals surface area contributed by atoms with E-state index in [1.165, 1.54) is 55.7 Å². The summed E-state index contributed by atoms with van der Waals surface area (Å²) in [5, 5.41) is 0. The van der Waals surface area contributed by atoms with Crippen molar-refractivity contribution in [1.82, 2.24) is 0 Å². The van der Waals surface area contributed by atoms with Crippen LogP contribution in [-0.4, -0.2) is 0 Å². The SMILES string of the molecule is CC1(C)C=C2C(=CC1)C1(c3ccccc32)c2ccccc2C(c2ccccc2)(c2ccccc2)c2ccccc21. The number of benzene rings is 5. The Balaban J connectivity index is 1.58. The third-order valence-electron chi connectivity index (χ3n) is 9.57. The molecule has 0 heterocycles. The van der Waals surface area contributed by atoms with E-state index < -0.39 is 5.41 Å². The molecule has 0 atom stereocenters. The van der Waals surface area contributed by atoms with Crippen molar-refractivity contribution in [3.8, 4) is 0 Å². The Morgan fingerprint density at radius 2 is 0.875 bits per heavy atom. The van der Waals surface area contributed by atoms with Crippen LogP contribution in [0.2, 0.25) is 0 Å². The molecule has 3 aliphatic carbocycles. The minimum atomic E-state index is -0.434. The Morgan fingerprint density at radius 1 is 0.450 bits per heavy atom. The van der Waals surface area contributed by atoms with E-state index in [4.69, 9.17) is 0 Å². The standard InChI is InChI=1S/C40H32/c1-38(2)26-25-33-31(27-38)30-19-9-10-20-32(30)40(33)36-23-13-11-21-34(36)39(28-15-5-3-6-16-28,29-17-7-4-8-18-29)35-22-12-14-24-37(35)40/h3-25,27H,26H2,1-2H3. The number of rotatable bonds is 2. The molecule has 0 fully saturated rings. The van der Waals surface area contributed by atoms with Crippen LogP contribution < -0.4 is 0 Å². The molecule has 0 bridgehead atoms. The molecule has 0 unspecified atom stereocenters. The Bertz CT molecular complexity index is 1740. The smallest absolute Gasteiger partial charge is 0.0716 e. The molecule has 0 aromatic heterocycles. The first-order valence-electron chi connectivity index (χ1n) is 14.4. The second kappa shape index (κ2) is 8.29. The van der Waals surface area contributed by atoms with Crippen molar-refractivity contribution in [2.75, 3.05) is 0 Å². The lowest BCUT2D eigenvalue weighted by molar-refractivity contribution is 0.481. The molecule has 3 aliphatic rings. The van der Waals surface area contributed by atoms with Crippen LogP contribution in [0.5, 0.6) is 0 Å². The normalized spacial score (nSPS) is 18.6. The maximum Gasteiger partial charge on any atom is 0.0716 e. The molecule has 0 nitrogen and oxygen atoms in total. The highest BCUT2D eigenvalue weighted by Gasteiger charge is 2.58. The van der Waals surface area contributed by atoms with E-state index in [0.717, 1.165) is 6.42 Å². The summed E-state index contributed by atoms with van der Waals surface area (Å²) in [6, 6.07) is 50.0. The number of allylic oxidation sites excluding steroid dienone is 4. The van der Waals surface area contributed by atoms with Crippen molar-refractivity contribution in [2.24, 2.45) is 5.41 Å². The maximum absolute atomic E-state index is 2.56. The third-order valence-corrected chi connectivity index (χ3v) is 9.57. The molecule has 192 valence electrons. The molecular formula is C40H32. The van der Waals surface area contributed by atoms with Gasteiger partial charge in [0.1, 0.15) is 0 Å². The van der Waals surface area contributed by atoms with Crippen molar-refractivity contribution in [3.63, 3.8) is 0 Å². The fourth-order valence-corrected chi connectivity index (χ4v) is 8.08. The van der Waals surface area contributed by atoms with Crippen molar-refractivity contribution in [2.45, 2.75) is 31.1 Å². The molecule has 0 amide bonds. The molecule has 0 saturated carbocycles. The van der Waals surface area contributed by atoms with Gasteiger partial charge >= 0.3 is 0 Å². The Hall–Kier alpha value is -4.42. The summed E-state index contributed by atoms with van der Waals surface area (Å²) in [6.45, 7) is 4.72. The first-order valence-corrected chi connectivity index (χ1v) is 14.4. The zero-order chi connectivity index (χ0) is 27.0. The van der Waals surface area contributed by atoms with E-state index in [0.29, 0.717) is 0 Å². The average molecular weight is 513 g/mol. The lowest BCUT2D eigenvalue weighted by Crippen LogP contribution is -2.44. The Morgan fingerprint density at radius 3 is 1.40 bits per heavy atom. The lowest BCUT2D eigenvalue weighted by atomic mass is 9.51. The summed E-state index contributed by atoms with van der Waals surface area (Å²) in [6.07, 6.45) is 6.13. The molecule has 0 aliphatic heterocycles. The molecule has 40 heavy (non-hydrogen) atoms. The van der Waals surface area contributed by atoms with Gasteiger partial charge in [0.25, 0.3) is 0 Å². The topological polar surface area (TPSA) is 0 Å². The van der Waals surface area contributed by atoms with E-state index in [-0.39, 0.29) is 10.8 Å². The highest BCUT2D eigenvalue weighted by Crippen LogP contribution is 2.66. The molecule has 0 radical (unpaired) electrons. The van der Waals surface area contributed by atoms with Crippen LogP contribution in [-0.2, 0) is 10.8 Å². The largest absolute Gasteiger partial charge is 0.0783 e. The molecule has 0 saturated heterocycles. The number of fused-ring (bicyclic) bond motifs is 9. The lowest BCUT2D eigenvalue weighted by Gasteiger charge is -2.50. The van der Waals surface area contributed by atoms with Crippen molar-refractivity contribution in [1.29, 1.82) is 0 Å². The number of hydrogen-bond donors (Lipinski definition) is 0. The first kappa shape index (κ1) is 23.5. The van der Waals surface area contributed by atoms with Gasteiger partial charge in [0.2, 0.25) is 0 Å². The van der Waals surface area contributed by atoms with Crippen LogP contribution in [0.15, 0.2) is 151 Å². The van der Waals surface area contributed by atoms with E-state index in [2.05, 4.69) is 159 Å². The molecule has 0 N–H and O–H groups in total. The van der Waals surface area contributed by atoms with Gasteiger partial charge in [-0.1, -0.05) is 159 Å². The van der Waals surface area contributed by atoms with Gasteiger partial charge in [0, 0.05) is 0 Å². The highest BCUT2D eigenvalue weighted by atomic mass is 14.6. The monoisotopic (exact) mass is 512 g/mol. The van der Waals surface area contributed by atoms with Crippen LogP contribution in [0.1, 0.15) is 64.8 Å². The van der Waals surface area contributed by atoms with Crippen LogP contribution in [0.3, 0.4) is 0 Å². The summed E-state index contributed by atoms with van der Waals surface area (Å²) < 4.78 is 0. The van der Waals surface area contributed by atoms with Crippen LogP contribution in [0, 0.1) is 5.41 Å². The second-order valence-electron chi connectivity index (χ2n) is 12.2. The average Bonchev–Trinajstić information content (AvgIpc) is 3.28. The minimum Gasteiger partial charge on any atom is -0.0783 e. The van der Waals surface area contributed by atoms with Gasteiger partial charge in [-0.05, 0) is 67.5 Å². The molecule has 1 spiro atoms. The van der Waals surface area contributed by atoms with Gasteiger partial charge in [0.05, 0.1) is 10.8 Å². The zero-order valence-electron chi connectivity index (χ0n) is 23.1. The van der Waals surface area contributed by atoms with Crippen LogP contribution in [0.25, 0.3) is 5.57 Å². The van der Waals surface area contributed by atoms with Crippen molar-refractivity contribution in [3.05, 3.63) is 196 Å². The Labute approximate surface area is 237 Å². The fourth-order valence-electron chi connectivity index (χ4n) is 8.08. The maximum atomic E-state index is 2.56. The van der Waals surface area contributed by atoms with Gasteiger partial charge in [-0.3, -0.25) is 0 Å². The fraction of sp³-hybridized carbons (Fsp3) is 0.150. The van der Waals surface area contributed by atoms with Crippen LogP contribution >= 0.6 is 0 Å². The van der Waals surface area contributed by atoms with Gasteiger partial charge in [-0.2, -0.15) is 0 Å². The predicted molar refractivity (Wildman–Crippen MR) is 166 cm³/mol. The predicted octanol–water partition coefficient (Wildman–Crippen LogP) is 9.47. The summed E-state index contributed by atoms with van der Waals surface area (Å²) in [5.41, 5.74) is 13.1. The van der Waals surface area contributed by atoms with E-state index >= 15 is 0 Å². The summed E-state index contributed by atoms with van der Waals surface area (Å²) in [5.74, 6) is 0. The summed E-state index contributed by atoms with van der Waals surface area (Å²) >= 11 is 0. The van der Waals surface area contributed by atoms with Gasteiger partial charge in [-0.25, -0.2) is 0 Å². The third kappa shape index (κ3) is 2.86. The molecule has 0 heteroatoms.